The summed E-state index contributed by atoms with van der Waals surface area (Å²) in [5, 5.41) is 10.6. The highest BCUT2D eigenvalue weighted by Gasteiger charge is 2.30. The molecule has 0 aliphatic heterocycles. The van der Waals surface area contributed by atoms with Gasteiger partial charge in [-0.3, -0.25) is 37.3 Å². The van der Waals surface area contributed by atoms with E-state index in [2.05, 4.69) is 27.7 Å². The molecule has 19 heteroatoms. The van der Waals surface area contributed by atoms with E-state index in [1.807, 2.05) is 0 Å². The van der Waals surface area contributed by atoms with Gasteiger partial charge in [-0.2, -0.15) is 0 Å². The minimum Gasteiger partial charge on any atom is -0.462 e. The van der Waals surface area contributed by atoms with Crippen LogP contribution < -0.4 is 0 Å². The normalized spacial score (nSPS) is 13.9. The zero-order chi connectivity index (χ0) is 68.2. The highest BCUT2D eigenvalue weighted by atomic mass is 31.2. The van der Waals surface area contributed by atoms with Crippen molar-refractivity contribution in [1.82, 2.24) is 0 Å². The van der Waals surface area contributed by atoms with Crippen LogP contribution in [0.4, 0.5) is 0 Å². The summed E-state index contributed by atoms with van der Waals surface area (Å²) in [5.41, 5.74) is 0. The number of esters is 4. The average molecular weight is 1370 g/mol. The van der Waals surface area contributed by atoms with E-state index in [4.69, 9.17) is 37.0 Å². The van der Waals surface area contributed by atoms with Crippen LogP contribution in [0.5, 0.6) is 0 Å². The van der Waals surface area contributed by atoms with E-state index in [1.54, 1.807) is 0 Å². The lowest BCUT2D eigenvalue weighted by atomic mass is 10.0. The number of phosphoric ester groups is 2. The topological polar surface area (TPSA) is 237 Å². The van der Waals surface area contributed by atoms with Gasteiger partial charge in [0.15, 0.2) is 12.2 Å². The molecule has 552 valence electrons. The Hall–Kier alpha value is -1.94. The Balaban J connectivity index is 5.20. The molecule has 0 aliphatic rings. The van der Waals surface area contributed by atoms with E-state index in [0.717, 1.165) is 96.3 Å². The molecule has 0 saturated heterocycles. The van der Waals surface area contributed by atoms with Crippen LogP contribution >= 0.6 is 15.6 Å². The minimum absolute atomic E-state index is 0.108. The summed E-state index contributed by atoms with van der Waals surface area (Å²) in [6.45, 7) is 4.96. The Morgan fingerprint density at radius 2 is 0.430 bits per heavy atom. The number of ether oxygens (including phenoxy) is 4. The van der Waals surface area contributed by atoms with Crippen LogP contribution in [0, 0.1) is 0 Å². The standard InChI is InChI=1S/C74H144O17P2/c1-5-9-13-17-21-25-28-31-33-34-35-37-39-42-45-49-53-57-61-74(79)91-70(65-85-72(77)59-55-51-47-43-41-38-36-32-29-26-22-18-14-10-6-2)67-89-93(82,83)87-63-68(75)62-86-92(80,81)88-66-69(64-84-71(76)58-54-50-46-24-20-16-12-8-4)90-73(78)60-56-52-48-44-40-30-27-23-19-15-11-7-3/h68-70,75H,5-67H2,1-4H3,(H,80,81)(H,82,83)/t68-,69+,70+/m0/s1. The maximum absolute atomic E-state index is 13.1. The van der Waals surface area contributed by atoms with E-state index in [9.17, 15) is 43.2 Å². The first kappa shape index (κ1) is 91.1. The number of carbonyl (C=O) groups is 4. The molecule has 0 spiro atoms. The monoisotopic (exact) mass is 1370 g/mol. The smallest absolute Gasteiger partial charge is 0.462 e. The predicted molar refractivity (Wildman–Crippen MR) is 377 cm³/mol. The third kappa shape index (κ3) is 68.4. The largest absolute Gasteiger partial charge is 0.472 e. The fourth-order valence-corrected chi connectivity index (χ4v) is 13.0. The molecule has 3 N–H and O–H groups in total. The second-order valence-electron chi connectivity index (χ2n) is 26.7. The Labute approximate surface area is 568 Å². The van der Waals surface area contributed by atoms with Crippen LogP contribution in [0.2, 0.25) is 0 Å². The molecule has 17 nitrogen and oxygen atoms in total. The first-order chi connectivity index (χ1) is 45.2. The van der Waals surface area contributed by atoms with Gasteiger partial charge in [0.1, 0.15) is 19.3 Å². The molecule has 0 aromatic rings. The molecule has 5 atom stereocenters. The zero-order valence-corrected chi connectivity index (χ0v) is 62.0. The van der Waals surface area contributed by atoms with Crippen LogP contribution in [0.3, 0.4) is 0 Å². The van der Waals surface area contributed by atoms with Crippen molar-refractivity contribution in [3.8, 4) is 0 Å². The minimum atomic E-state index is -4.95. The third-order valence-corrected chi connectivity index (χ3v) is 19.3. The fraction of sp³-hybridized carbons (Fsp3) is 0.946. The zero-order valence-electron chi connectivity index (χ0n) is 60.2. The van der Waals surface area contributed by atoms with E-state index in [0.29, 0.717) is 25.7 Å². The number of unbranched alkanes of at least 4 members (excludes halogenated alkanes) is 49. The number of aliphatic hydroxyl groups excluding tert-OH is 1. The van der Waals surface area contributed by atoms with Crippen LogP contribution in [-0.4, -0.2) is 96.7 Å². The number of carbonyl (C=O) groups excluding carboxylic acids is 4. The van der Waals surface area contributed by atoms with Crippen molar-refractivity contribution in [3.63, 3.8) is 0 Å². The molecule has 0 fully saturated rings. The lowest BCUT2D eigenvalue weighted by Crippen LogP contribution is -2.30. The van der Waals surface area contributed by atoms with Gasteiger partial charge in [-0.15, -0.1) is 0 Å². The molecule has 0 radical (unpaired) electrons. The van der Waals surface area contributed by atoms with Crippen LogP contribution in [0.15, 0.2) is 0 Å². The number of hydrogen-bond acceptors (Lipinski definition) is 15. The van der Waals surface area contributed by atoms with Crippen LogP contribution in [0.1, 0.15) is 394 Å². The number of phosphoric acid groups is 2. The van der Waals surface area contributed by atoms with Gasteiger partial charge >= 0.3 is 39.5 Å². The maximum atomic E-state index is 13.1. The molecule has 0 bridgehead atoms. The van der Waals surface area contributed by atoms with Gasteiger partial charge in [0.05, 0.1) is 26.4 Å². The lowest BCUT2D eigenvalue weighted by Gasteiger charge is -2.21. The maximum Gasteiger partial charge on any atom is 0.472 e. The summed E-state index contributed by atoms with van der Waals surface area (Å²) in [6.07, 6.45) is 58.2. The molecule has 0 aromatic heterocycles. The van der Waals surface area contributed by atoms with Crippen LogP contribution in [0.25, 0.3) is 0 Å². The highest BCUT2D eigenvalue weighted by molar-refractivity contribution is 7.47. The molecule has 2 unspecified atom stereocenters. The summed E-state index contributed by atoms with van der Waals surface area (Å²) in [4.78, 5) is 72.6. The van der Waals surface area contributed by atoms with Crippen molar-refractivity contribution in [3.05, 3.63) is 0 Å². The van der Waals surface area contributed by atoms with Gasteiger partial charge in [0, 0.05) is 25.7 Å². The van der Waals surface area contributed by atoms with Crippen LogP contribution in [-0.2, 0) is 65.4 Å². The summed E-state index contributed by atoms with van der Waals surface area (Å²) >= 11 is 0. The molecule has 0 heterocycles. The quantitative estimate of drug-likeness (QED) is 0.0222. The van der Waals surface area contributed by atoms with Crippen molar-refractivity contribution in [2.75, 3.05) is 39.6 Å². The first-order valence-corrected chi connectivity index (χ1v) is 41.8. The van der Waals surface area contributed by atoms with E-state index >= 15 is 0 Å². The first-order valence-electron chi connectivity index (χ1n) is 38.8. The molecule has 0 aliphatic carbocycles. The molecule has 0 aromatic carbocycles. The number of aliphatic hydroxyl groups is 1. The van der Waals surface area contributed by atoms with E-state index in [1.165, 1.54) is 218 Å². The van der Waals surface area contributed by atoms with Gasteiger partial charge in [0.2, 0.25) is 0 Å². The summed E-state index contributed by atoms with van der Waals surface area (Å²) in [7, 11) is -9.90. The van der Waals surface area contributed by atoms with Gasteiger partial charge in [-0.1, -0.05) is 342 Å². The molecule has 93 heavy (non-hydrogen) atoms. The van der Waals surface area contributed by atoms with Gasteiger partial charge < -0.3 is 33.8 Å². The van der Waals surface area contributed by atoms with Crippen molar-refractivity contribution < 1.29 is 80.2 Å². The lowest BCUT2D eigenvalue weighted by molar-refractivity contribution is -0.161. The second kappa shape index (κ2) is 68.6. The average Bonchev–Trinajstić information content (AvgIpc) is 2.57. The number of rotatable bonds is 75. The highest BCUT2D eigenvalue weighted by Crippen LogP contribution is 2.45. The SMILES string of the molecule is CCCCCCCCCCCCCCCCCCCCC(=O)O[C@H](COC(=O)CCCCCCCCCCCCCCCCC)COP(=O)(O)OC[C@@H](O)COP(=O)(O)OC[C@@H](COC(=O)CCCCCCCCCC)OC(=O)CCCCCCCCCCCCCC. The van der Waals surface area contributed by atoms with Crippen molar-refractivity contribution in [1.29, 1.82) is 0 Å². The Kier molecular flexibility index (Phi) is 67.1. The van der Waals surface area contributed by atoms with Crippen molar-refractivity contribution in [2.45, 2.75) is 412 Å². The third-order valence-electron chi connectivity index (χ3n) is 17.4. The second-order valence-corrected chi connectivity index (χ2v) is 29.6. The molecule has 0 amide bonds. The summed E-state index contributed by atoms with van der Waals surface area (Å²) < 4.78 is 68.4. The van der Waals surface area contributed by atoms with Crippen molar-refractivity contribution in [2.24, 2.45) is 0 Å². The van der Waals surface area contributed by atoms with Gasteiger partial charge in [0.25, 0.3) is 0 Å². The molecular weight excluding hydrogens is 1220 g/mol. The summed E-state index contributed by atoms with van der Waals surface area (Å²) in [6, 6.07) is 0. The van der Waals surface area contributed by atoms with E-state index < -0.39 is 97.5 Å². The molecular formula is C74H144O17P2. The summed E-state index contributed by atoms with van der Waals surface area (Å²) in [5.74, 6) is -2.12. The predicted octanol–water partition coefficient (Wildman–Crippen LogP) is 21.8. The Morgan fingerprint density at radius 3 is 0.634 bits per heavy atom. The molecule has 0 saturated carbocycles. The Bertz CT molecular complexity index is 1770. The fourth-order valence-electron chi connectivity index (χ4n) is 11.4. The van der Waals surface area contributed by atoms with Gasteiger partial charge in [-0.05, 0) is 25.7 Å². The number of hydrogen-bond donors (Lipinski definition) is 3. The Morgan fingerprint density at radius 1 is 0.258 bits per heavy atom. The van der Waals surface area contributed by atoms with Crippen molar-refractivity contribution >= 4 is 39.5 Å². The van der Waals surface area contributed by atoms with Gasteiger partial charge in [-0.25, -0.2) is 9.13 Å². The van der Waals surface area contributed by atoms with E-state index in [-0.39, 0.29) is 25.7 Å². The molecule has 0 rings (SSSR count).